The van der Waals surface area contributed by atoms with Crippen molar-refractivity contribution in [2.75, 3.05) is 31.1 Å². The minimum atomic E-state index is -0.177. The van der Waals surface area contributed by atoms with E-state index in [-0.39, 0.29) is 5.56 Å². The van der Waals surface area contributed by atoms with Crippen LogP contribution in [0.25, 0.3) is 28.0 Å². The lowest BCUT2D eigenvalue weighted by molar-refractivity contribution is 0.708. The highest BCUT2D eigenvalue weighted by molar-refractivity contribution is 5.83. The minimum Gasteiger partial charge on any atom is -0.355 e. The molecule has 1 aliphatic rings. The van der Waals surface area contributed by atoms with Crippen LogP contribution in [-0.2, 0) is 7.05 Å². The zero-order chi connectivity index (χ0) is 20.5. The van der Waals surface area contributed by atoms with Crippen molar-refractivity contribution in [3.05, 3.63) is 59.3 Å². The molecular weight excluding hydrogens is 380 g/mol. The minimum absolute atomic E-state index is 0.177. The van der Waals surface area contributed by atoms with Gasteiger partial charge in [-0.3, -0.25) is 9.78 Å². The van der Waals surface area contributed by atoms with Crippen LogP contribution >= 0.6 is 0 Å². The van der Waals surface area contributed by atoms with E-state index in [2.05, 4.69) is 25.4 Å². The van der Waals surface area contributed by atoms with Gasteiger partial charge < -0.3 is 10.2 Å². The molecule has 0 radical (unpaired) electrons. The maximum absolute atomic E-state index is 12.0. The molecule has 0 bridgehead atoms. The summed E-state index contributed by atoms with van der Waals surface area (Å²) >= 11 is 0. The lowest BCUT2D eigenvalue weighted by Gasteiger charge is -2.21. The van der Waals surface area contributed by atoms with Crippen LogP contribution < -0.4 is 15.8 Å². The molecule has 0 aliphatic carbocycles. The molecule has 152 valence electrons. The quantitative estimate of drug-likeness (QED) is 0.553. The lowest BCUT2D eigenvalue weighted by atomic mass is 10.2. The Morgan fingerprint density at radius 3 is 2.80 bits per heavy atom. The standard InChI is InChI=1S/C21H22N8O/c1-27-21(30)10-15(13-24-27)17-11-18-16(12-23-17)14-25-29(18)20-5-2-4-19(26-20)28-8-3-6-22-7-9-28/h2,4-5,10-14,22H,3,6-9H2,1H3. The van der Waals surface area contributed by atoms with Gasteiger partial charge in [-0.25, -0.2) is 14.3 Å². The number of nitrogens with one attached hydrogen (secondary N) is 1. The van der Waals surface area contributed by atoms with Crippen LogP contribution in [0.5, 0.6) is 0 Å². The fourth-order valence-electron chi connectivity index (χ4n) is 3.65. The van der Waals surface area contributed by atoms with Crippen LogP contribution in [0.15, 0.2) is 53.7 Å². The Bertz CT molecular complexity index is 1250. The SMILES string of the molecule is Cn1ncc(-c2cc3c(cn2)cnn3-c2cccc(N3CCCNCC3)n2)cc1=O. The number of aromatic nitrogens is 6. The normalized spacial score (nSPS) is 14.8. The highest BCUT2D eigenvalue weighted by atomic mass is 16.1. The molecule has 0 amide bonds. The molecule has 4 aromatic rings. The number of hydrogen-bond acceptors (Lipinski definition) is 7. The number of hydrogen-bond donors (Lipinski definition) is 1. The predicted molar refractivity (Wildman–Crippen MR) is 115 cm³/mol. The molecule has 0 unspecified atom stereocenters. The van der Waals surface area contributed by atoms with Crippen molar-refractivity contribution in [1.82, 2.24) is 34.8 Å². The lowest BCUT2D eigenvalue weighted by Crippen LogP contribution is -2.28. The summed E-state index contributed by atoms with van der Waals surface area (Å²) < 4.78 is 3.11. The van der Waals surface area contributed by atoms with Gasteiger partial charge in [-0.1, -0.05) is 6.07 Å². The molecule has 4 aromatic heterocycles. The van der Waals surface area contributed by atoms with Crippen LogP contribution in [0, 0.1) is 0 Å². The van der Waals surface area contributed by atoms with E-state index in [4.69, 9.17) is 4.98 Å². The summed E-state index contributed by atoms with van der Waals surface area (Å²) in [5, 5.41) is 13.0. The van der Waals surface area contributed by atoms with Crippen LogP contribution in [0.3, 0.4) is 0 Å². The van der Waals surface area contributed by atoms with Crippen LogP contribution in [0.4, 0.5) is 5.82 Å². The zero-order valence-electron chi connectivity index (χ0n) is 16.7. The zero-order valence-corrected chi connectivity index (χ0v) is 16.7. The van der Waals surface area contributed by atoms with Gasteiger partial charge in [-0.05, 0) is 31.2 Å². The first-order chi connectivity index (χ1) is 14.7. The summed E-state index contributed by atoms with van der Waals surface area (Å²) in [7, 11) is 1.62. The Morgan fingerprint density at radius 2 is 1.90 bits per heavy atom. The predicted octanol–water partition coefficient (Wildman–Crippen LogP) is 1.38. The van der Waals surface area contributed by atoms with Gasteiger partial charge in [0.15, 0.2) is 5.82 Å². The fourth-order valence-corrected chi connectivity index (χ4v) is 3.65. The number of nitrogens with zero attached hydrogens (tertiary/aromatic N) is 7. The molecular formula is C21H22N8O. The number of rotatable bonds is 3. The summed E-state index contributed by atoms with van der Waals surface area (Å²) in [6.07, 6.45) is 6.27. The van der Waals surface area contributed by atoms with Crippen molar-refractivity contribution in [2.24, 2.45) is 7.05 Å². The van der Waals surface area contributed by atoms with Gasteiger partial charge in [0.2, 0.25) is 0 Å². The Labute approximate surface area is 173 Å². The third-order valence-electron chi connectivity index (χ3n) is 5.32. The number of fused-ring (bicyclic) bond motifs is 1. The highest BCUT2D eigenvalue weighted by Gasteiger charge is 2.14. The summed E-state index contributed by atoms with van der Waals surface area (Å²) in [4.78, 5) is 23.6. The topological polar surface area (TPSA) is 93.8 Å². The van der Waals surface area contributed by atoms with E-state index in [0.717, 1.165) is 55.1 Å². The second kappa shape index (κ2) is 7.68. The summed E-state index contributed by atoms with van der Waals surface area (Å²) in [5.74, 6) is 1.70. The molecule has 0 atom stereocenters. The summed E-state index contributed by atoms with van der Waals surface area (Å²) in [6, 6.07) is 9.46. The van der Waals surface area contributed by atoms with Crippen LogP contribution in [-0.4, -0.2) is 55.7 Å². The van der Waals surface area contributed by atoms with E-state index in [1.165, 1.54) is 10.7 Å². The molecule has 1 aliphatic heterocycles. The van der Waals surface area contributed by atoms with E-state index < -0.39 is 0 Å². The van der Waals surface area contributed by atoms with Crippen molar-refractivity contribution < 1.29 is 0 Å². The first kappa shape index (κ1) is 18.4. The molecule has 1 N–H and O–H groups in total. The van der Waals surface area contributed by atoms with Crippen LogP contribution in [0.1, 0.15) is 6.42 Å². The second-order valence-electron chi connectivity index (χ2n) is 7.34. The van der Waals surface area contributed by atoms with Gasteiger partial charge in [0.1, 0.15) is 5.82 Å². The Hall–Kier alpha value is -3.59. The van der Waals surface area contributed by atoms with Gasteiger partial charge in [-0.15, -0.1) is 0 Å². The van der Waals surface area contributed by atoms with Gasteiger partial charge in [0, 0.05) is 49.9 Å². The molecule has 1 saturated heterocycles. The Kier molecular flexibility index (Phi) is 4.72. The second-order valence-corrected chi connectivity index (χ2v) is 7.34. The van der Waals surface area contributed by atoms with Crippen molar-refractivity contribution in [3.63, 3.8) is 0 Å². The third kappa shape index (κ3) is 3.43. The number of aryl methyl sites for hydroxylation is 1. The van der Waals surface area contributed by atoms with Gasteiger partial charge in [0.05, 0.1) is 23.6 Å². The molecule has 30 heavy (non-hydrogen) atoms. The van der Waals surface area contributed by atoms with Gasteiger partial charge in [0.25, 0.3) is 5.56 Å². The molecule has 5 heterocycles. The van der Waals surface area contributed by atoms with E-state index in [1.807, 2.05) is 28.9 Å². The van der Waals surface area contributed by atoms with Gasteiger partial charge >= 0.3 is 0 Å². The molecule has 1 fully saturated rings. The monoisotopic (exact) mass is 402 g/mol. The number of anilines is 1. The number of pyridine rings is 2. The Morgan fingerprint density at radius 1 is 1.00 bits per heavy atom. The summed E-state index contributed by atoms with van der Waals surface area (Å²) in [5.41, 5.74) is 2.04. The first-order valence-electron chi connectivity index (χ1n) is 10.00. The summed E-state index contributed by atoms with van der Waals surface area (Å²) in [6.45, 7) is 3.90. The van der Waals surface area contributed by atoms with E-state index in [1.54, 1.807) is 25.6 Å². The van der Waals surface area contributed by atoms with E-state index in [0.29, 0.717) is 11.3 Å². The van der Waals surface area contributed by atoms with Crippen molar-refractivity contribution >= 4 is 16.7 Å². The Balaban J connectivity index is 1.55. The van der Waals surface area contributed by atoms with Crippen molar-refractivity contribution in [3.8, 4) is 17.1 Å². The van der Waals surface area contributed by atoms with Gasteiger partial charge in [-0.2, -0.15) is 10.2 Å². The highest BCUT2D eigenvalue weighted by Crippen LogP contribution is 2.23. The van der Waals surface area contributed by atoms with Crippen molar-refractivity contribution in [1.29, 1.82) is 0 Å². The molecule has 0 saturated carbocycles. The largest absolute Gasteiger partial charge is 0.355 e. The first-order valence-corrected chi connectivity index (χ1v) is 10.00. The maximum atomic E-state index is 12.0. The molecule has 9 heteroatoms. The average molecular weight is 402 g/mol. The average Bonchev–Trinajstić information content (AvgIpc) is 3.00. The fraction of sp³-hybridized carbons (Fsp3) is 0.286. The van der Waals surface area contributed by atoms with E-state index >= 15 is 0 Å². The molecule has 0 spiro atoms. The molecule has 9 nitrogen and oxygen atoms in total. The third-order valence-corrected chi connectivity index (χ3v) is 5.32. The van der Waals surface area contributed by atoms with E-state index in [9.17, 15) is 4.79 Å². The smallest absolute Gasteiger partial charge is 0.267 e. The van der Waals surface area contributed by atoms with Crippen LogP contribution in [0.2, 0.25) is 0 Å². The van der Waals surface area contributed by atoms with Crippen molar-refractivity contribution in [2.45, 2.75) is 6.42 Å². The maximum Gasteiger partial charge on any atom is 0.267 e. The molecule has 5 rings (SSSR count). The molecule has 0 aromatic carbocycles.